The quantitative estimate of drug-likeness (QED) is 0.343. The number of hydrogen-bond donors (Lipinski definition) is 2. The maximum absolute atomic E-state index is 12.3. The highest BCUT2D eigenvalue weighted by Gasteiger charge is 2.25. The predicted molar refractivity (Wildman–Crippen MR) is 113 cm³/mol. The van der Waals surface area contributed by atoms with Gasteiger partial charge in [0.1, 0.15) is 0 Å². The number of nitrogens with one attached hydrogen (secondary N) is 2. The molecule has 1 atom stereocenters. The first-order chi connectivity index (χ1) is 12.7. The topological polar surface area (TPSA) is 53.5 Å². The third-order valence-corrected chi connectivity index (χ3v) is 6.28. The van der Waals surface area contributed by atoms with Crippen molar-refractivity contribution in [2.75, 3.05) is 19.3 Å². The number of amides is 1. The summed E-state index contributed by atoms with van der Waals surface area (Å²) in [5, 5.41) is 6.49. The van der Waals surface area contributed by atoms with Crippen LogP contribution in [0.1, 0.15) is 51.0 Å². The molecule has 26 heavy (non-hydrogen) atoms. The third kappa shape index (κ3) is 6.44. The van der Waals surface area contributed by atoms with E-state index in [0.29, 0.717) is 12.3 Å². The molecule has 2 rings (SSSR count). The molecule has 0 radical (unpaired) electrons. The van der Waals surface area contributed by atoms with Crippen LogP contribution in [0.3, 0.4) is 0 Å². The SMILES string of the molecule is C=Nc1ccc(CC)cc1SCCCC(=O)NC(CNC)C1CCCC1. The van der Waals surface area contributed by atoms with Gasteiger partial charge < -0.3 is 10.6 Å². The Morgan fingerprint density at radius 2 is 2.15 bits per heavy atom. The lowest BCUT2D eigenvalue weighted by Gasteiger charge is -2.24. The number of benzene rings is 1. The minimum absolute atomic E-state index is 0.183. The Hall–Kier alpha value is -1.33. The van der Waals surface area contributed by atoms with Crippen LogP contribution in [0.2, 0.25) is 0 Å². The van der Waals surface area contributed by atoms with E-state index in [-0.39, 0.29) is 11.9 Å². The van der Waals surface area contributed by atoms with Crippen LogP contribution in [-0.4, -0.2) is 38.0 Å². The first kappa shape index (κ1) is 21.0. The minimum atomic E-state index is 0.183. The molecule has 1 aliphatic carbocycles. The van der Waals surface area contributed by atoms with E-state index in [2.05, 4.69) is 41.4 Å². The summed E-state index contributed by atoms with van der Waals surface area (Å²) >= 11 is 1.77. The molecule has 1 saturated carbocycles. The fourth-order valence-corrected chi connectivity index (χ4v) is 4.66. The zero-order valence-corrected chi connectivity index (χ0v) is 17.0. The van der Waals surface area contributed by atoms with Gasteiger partial charge in [-0.2, -0.15) is 0 Å². The zero-order chi connectivity index (χ0) is 18.8. The molecule has 5 heteroatoms. The molecule has 0 aromatic heterocycles. The van der Waals surface area contributed by atoms with Gasteiger partial charge in [0.25, 0.3) is 0 Å². The van der Waals surface area contributed by atoms with Gasteiger partial charge in [0.05, 0.1) is 5.69 Å². The number of likely N-dealkylation sites (N-methyl/N-ethyl adjacent to an activating group) is 1. The van der Waals surface area contributed by atoms with Crippen LogP contribution in [0.25, 0.3) is 0 Å². The predicted octanol–water partition coefficient (Wildman–Crippen LogP) is 4.35. The van der Waals surface area contributed by atoms with Gasteiger partial charge in [-0.1, -0.05) is 25.8 Å². The van der Waals surface area contributed by atoms with Gasteiger partial charge in [0.2, 0.25) is 5.91 Å². The molecule has 1 aromatic rings. The molecule has 1 aliphatic rings. The zero-order valence-electron chi connectivity index (χ0n) is 16.2. The molecule has 1 amide bonds. The molecule has 1 unspecified atom stereocenters. The molecule has 0 aliphatic heterocycles. The van der Waals surface area contributed by atoms with Crippen molar-refractivity contribution in [3.8, 4) is 0 Å². The maximum Gasteiger partial charge on any atom is 0.220 e. The monoisotopic (exact) mass is 375 g/mol. The fraction of sp³-hybridized carbons (Fsp3) is 0.619. The van der Waals surface area contributed by atoms with Gasteiger partial charge in [-0.25, -0.2) is 0 Å². The first-order valence-electron chi connectivity index (χ1n) is 9.84. The number of aliphatic imine (C=N–C) groups is 1. The highest BCUT2D eigenvalue weighted by Crippen LogP contribution is 2.31. The van der Waals surface area contributed by atoms with E-state index in [0.717, 1.165) is 30.8 Å². The summed E-state index contributed by atoms with van der Waals surface area (Å²) in [5.41, 5.74) is 2.25. The van der Waals surface area contributed by atoms with E-state index in [1.54, 1.807) is 11.8 Å². The smallest absolute Gasteiger partial charge is 0.220 e. The number of rotatable bonds is 11. The number of carbonyl (C=O) groups excluding carboxylic acids is 1. The number of thioether (sulfide) groups is 1. The van der Waals surface area contributed by atoms with E-state index in [9.17, 15) is 4.79 Å². The van der Waals surface area contributed by atoms with Crippen molar-refractivity contribution >= 4 is 30.1 Å². The third-order valence-electron chi connectivity index (χ3n) is 5.15. The van der Waals surface area contributed by atoms with Gasteiger partial charge >= 0.3 is 0 Å². The summed E-state index contributed by atoms with van der Waals surface area (Å²) in [6.45, 7) is 6.68. The Morgan fingerprint density at radius 3 is 2.81 bits per heavy atom. The number of carbonyl (C=O) groups is 1. The van der Waals surface area contributed by atoms with Crippen LogP contribution in [0, 0.1) is 5.92 Å². The highest BCUT2D eigenvalue weighted by molar-refractivity contribution is 7.99. The number of hydrogen-bond acceptors (Lipinski definition) is 4. The lowest BCUT2D eigenvalue weighted by molar-refractivity contribution is -0.122. The molecule has 4 nitrogen and oxygen atoms in total. The van der Waals surface area contributed by atoms with Crippen molar-refractivity contribution < 1.29 is 4.79 Å². The summed E-state index contributed by atoms with van der Waals surface area (Å²) in [4.78, 5) is 17.6. The molecule has 0 bridgehead atoms. The molecular formula is C21H33N3OS. The highest BCUT2D eigenvalue weighted by atomic mass is 32.2. The molecule has 0 heterocycles. The normalized spacial score (nSPS) is 15.8. The minimum Gasteiger partial charge on any atom is -0.352 e. The van der Waals surface area contributed by atoms with E-state index < -0.39 is 0 Å². The second-order valence-corrected chi connectivity index (χ2v) is 8.18. The van der Waals surface area contributed by atoms with E-state index >= 15 is 0 Å². The molecule has 144 valence electrons. The van der Waals surface area contributed by atoms with E-state index in [1.165, 1.54) is 36.1 Å². The van der Waals surface area contributed by atoms with E-state index in [4.69, 9.17) is 0 Å². The summed E-state index contributed by atoms with van der Waals surface area (Å²) in [7, 11) is 1.96. The van der Waals surface area contributed by atoms with Crippen molar-refractivity contribution in [1.82, 2.24) is 10.6 Å². The Kier molecular flexibility index (Phi) is 9.19. The van der Waals surface area contributed by atoms with Crippen LogP contribution >= 0.6 is 11.8 Å². The lowest BCUT2D eigenvalue weighted by Crippen LogP contribution is -2.45. The van der Waals surface area contributed by atoms with Gasteiger partial charge in [-0.3, -0.25) is 9.79 Å². The van der Waals surface area contributed by atoms with Crippen molar-refractivity contribution in [3.63, 3.8) is 0 Å². The molecule has 1 aromatic carbocycles. The lowest BCUT2D eigenvalue weighted by atomic mass is 9.98. The van der Waals surface area contributed by atoms with Crippen LogP contribution in [0.4, 0.5) is 5.69 Å². The molecule has 0 spiro atoms. The van der Waals surface area contributed by atoms with Gasteiger partial charge in [0, 0.05) is 23.9 Å². The van der Waals surface area contributed by atoms with Gasteiger partial charge in [-0.05, 0) is 68.8 Å². The Bertz CT molecular complexity index is 585. The second kappa shape index (κ2) is 11.4. The van der Waals surface area contributed by atoms with E-state index in [1.807, 2.05) is 13.1 Å². The summed E-state index contributed by atoms with van der Waals surface area (Å²) in [5.74, 6) is 1.74. The fourth-order valence-electron chi connectivity index (χ4n) is 3.63. The molecule has 0 saturated heterocycles. The van der Waals surface area contributed by atoms with Gasteiger partial charge in [0.15, 0.2) is 0 Å². The molecule has 1 fully saturated rings. The Morgan fingerprint density at radius 1 is 1.38 bits per heavy atom. The summed E-state index contributed by atoms with van der Waals surface area (Å²) in [6.07, 6.45) is 7.56. The molecular weight excluding hydrogens is 342 g/mol. The van der Waals surface area contributed by atoms with Crippen LogP contribution in [0.5, 0.6) is 0 Å². The van der Waals surface area contributed by atoms with Crippen molar-refractivity contribution in [1.29, 1.82) is 0 Å². The maximum atomic E-state index is 12.3. The number of aryl methyl sites for hydroxylation is 1. The average Bonchev–Trinajstić information content (AvgIpc) is 3.19. The number of nitrogens with zero attached hydrogens (tertiary/aromatic N) is 1. The molecule has 2 N–H and O–H groups in total. The van der Waals surface area contributed by atoms with Crippen molar-refractivity contribution in [3.05, 3.63) is 23.8 Å². The first-order valence-corrected chi connectivity index (χ1v) is 10.8. The Labute approximate surface area is 162 Å². The standard InChI is InChI=1S/C21H33N3OS/c1-4-16-11-12-18(23-3)20(14-16)26-13-7-10-21(25)24-19(15-22-2)17-8-5-6-9-17/h11-12,14,17,19,22H,3-10,13,15H2,1-2H3,(H,24,25). The Balaban J connectivity index is 1.76. The van der Waals surface area contributed by atoms with Gasteiger partial charge in [-0.15, -0.1) is 11.8 Å². The van der Waals surface area contributed by atoms with Crippen LogP contribution < -0.4 is 10.6 Å². The summed E-state index contributed by atoms with van der Waals surface area (Å²) < 4.78 is 0. The second-order valence-electron chi connectivity index (χ2n) is 7.04. The average molecular weight is 376 g/mol. The summed E-state index contributed by atoms with van der Waals surface area (Å²) in [6, 6.07) is 6.61. The largest absolute Gasteiger partial charge is 0.352 e. The van der Waals surface area contributed by atoms with Crippen molar-refractivity contribution in [2.24, 2.45) is 10.9 Å². The van der Waals surface area contributed by atoms with Crippen LogP contribution in [0.15, 0.2) is 28.1 Å². The van der Waals surface area contributed by atoms with Crippen molar-refractivity contribution in [2.45, 2.75) is 62.8 Å². The van der Waals surface area contributed by atoms with Crippen LogP contribution in [-0.2, 0) is 11.2 Å².